The van der Waals surface area contributed by atoms with Crippen molar-refractivity contribution in [1.29, 1.82) is 0 Å². The minimum absolute atomic E-state index is 0.0276. The molecule has 0 radical (unpaired) electrons. The second kappa shape index (κ2) is 11.5. The molecule has 33 heavy (non-hydrogen) atoms. The van der Waals surface area contributed by atoms with Gasteiger partial charge in [-0.2, -0.15) is 4.98 Å². The van der Waals surface area contributed by atoms with Crippen molar-refractivity contribution < 1.29 is 34.0 Å². The highest BCUT2D eigenvalue weighted by Crippen LogP contribution is 2.33. The predicted molar refractivity (Wildman–Crippen MR) is 119 cm³/mol. The van der Waals surface area contributed by atoms with Gasteiger partial charge in [0.25, 0.3) is 0 Å². The monoisotopic (exact) mass is 498 g/mol. The molecule has 1 aliphatic heterocycles. The molecule has 0 unspecified atom stereocenters. The Morgan fingerprint density at radius 1 is 1.39 bits per heavy atom. The smallest absolute Gasteiger partial charge is 0.311 e. The molecule has 0 spiro atoms. The summed E-state index contributed by atoms with van der Waals surface area (Å²) in [5, 5.41) is 20.5. The molecular weight excluding hydrogens is 476 g/mol. The van der Waals surface area contributed by atoms with Gasteiger partial charge in [0, 0.05) is 18.2 Å². The lowest BCUT2D eigenvalue weighted by Gasteiger charge is -2.19. The lowest BCUT2D eigenvalue weighted by Crippen LogP contribution is -2.30. The van der Waals surface area contributed by atoms with Crippen molar-refractivity contribution in [2.75, 3.05) is 12.3 Å². The maximum absolute atomic E-state index is 12.3. The molecule has 1 aromatic carbocycles. The minimum Gasteiger partial charge on any atom is -0.458 e. The Balaban J connectivity index is 0.000000235. The number of nitrogen functional groups attached to an aromatic ring is 1. The number of nitrogens with two attached hydrogens (primary N) is 1. The van der Waals surface area contributed by atoms with Crippen LogP contribution >= 0.6 is 23.4 Å². The van der Waals surface area contributed by atoms with Gasteiger partial charge in [-0.05, 0) is 19.1 Å². The molecule has 14 heteroatoms. The third-order valence-corrected chi connectivity index (χ3v) is 5.95. The van der Waals surface area contributed by atoms with E-state index in [9.17, 15) is 14.7 Å². The predicted octanol–water partition coefficient (Wildman–Crippen LogP) is 2.07. The number of aryl methyl sites for hydroxylation is 1. The standard InChI is InChI=1S/C12H14N4O5S.C7H8O3S/c1-5(18)20-7-2-6(4-17)21-10(7)16-9-8(22-12(16)19)3-14-11(13)15-9;1-6-2-4-7(5-3-6)11-10-9-8/h3,6-7,10,17H,2,4H2,1H3,(H2,13,14,15);2-5,8H,1H3/t6-,7+,10+;/m0./s1. The van der Waals surface area contributed by atoms with Crippen LogP contribution in [0.2, 0.25) is 0 Å². The molecule has 2 aromatic heterocycles. The van der Waals surface area contributed by atoms with Crippen LogP contribution in [0.4, 0.5) is 5.95 Å². The molecule has 4 N–H and O–H groups in total. The summed E-state index contributed by atoms with van der Waals surface area (Å²) in [7, 11) is 0. The zero-order valence-corrected chi connectivity index (χ0v) is 19.2. The molecule has 0 saturated carbocycles. The lowest BCUT2D eigenvalue weighted by molar-refractivity contribution is -0.432. The second-order valence-electron chi connectivity index (χ2n) is 6.91. The molecule has 178 valence electrons. The van der Waals surface area contributed by atoms with Crippen LogP contribution in [0.25, 0.3) is 10.3 Å². The van der Waals surface area contributed by atoms with Crippen LogP contribution in [0, 0.1) is 6.92 Å². The summed E-state index contributed by atoms with van der Waals surface area (Å²) >= 11 is 1.90. The van der Waals surface area contributed by atoms with Crippen molar-refractivity contribution in [1.82, 2.24) is 14.5 Å². The van der Waals surface area contributed by atoms with Gasteiger partial charge in [-0.1, -0.05) is 34.1 Å². The molecule has 0 aliphatic carbocycles. The Bertz CT molecular complexity index is 1140. The number of anilines is 1. The number of hydrogen-bond donors (Lipinski definition) is 3. The van der Waals surface area contributed by atoms with Gasteiger partial charge in [0.15, 0.2) is 11.9 Å². The quantitative estimate of drug-likeness (QED) is 0.196. The normalized spacial score (nSPS) is 19.8. The van der Waals surface area contributed by atoms with Crippen molar-refractivity contribution in [3.8, 4) is 0 Å². The summed E-state index contributed by atoms with van der Waals surface area (Å²) in [5.74, 6) is -0.460. The number of nitrogens with zero attached hydrogens (tertiary/aromatic N) is 3. The molecule has 12 nitrogen and oxygen atoms in total. The van der Waals surface area contributed by atoms with Crippen molar-refractivity contribution in [3.63, 3.8) is 0 Å². The molecule has 0 bridgehead atoms. The summed E-state index contributed by atoms with van der Waals surface area (Å²) < 4.78 is 16.9. The number of ether oxygens (including phenoxy) is 2. The fourth-order valence-electron chi connectivity index (χ4n) is 3.10. The fourth-order valence-corrected chi connectivity index (χ4v) is 4.28. The van der Waals surface area contributed by atoms with E-state index in [1.54, 1.807) is 0 Å². The Kier molecular flexibility index (Phi) is 8.74. The molecule has 0 amide bonds. The van der Waals surface area contributed by atoms with Gasteiger partial charge in [0.1, 0.15) is 6.10 Å². The van der Waals surface area contributed by atoms with Crippen LogP contribution in [0.3, 0.4) is 0 Å². The number of hydrogen-bond acceptors (Lipinski definition) is 13. The van der Waals surface area contributed by atoms with Crippen LogP contribution in [0.5, 0.6) is 0 Å². The van der Waals surface area contributed by atoms with Gasteiger partial charge in [-0.15, -0.1) is 4.33 Å². The third kappa shape index (κ3) is 6.48. The molecule has 1 fully saturated rings. The van der Waals surface area contributed by atoms with Crippen LogP contribution < -0.4 is 10.6 Å². The zero-order valence-electron chi connectivity index (χ0n) is 17.6. The van der Waals surface area contributed by atoms with E-state index >= 15 is 0 Å². The number of aliphatic hydroxyl groups is 1. The van der Waals surface area contributed by atoms with E-state index in [1.807, 2.05) is 31.2 Å². The van der Waals surface area contributed by atoms with Gasteiger partial charge in [-0.3, -0.25) is 14.2 Å². The maximum atomic E-state index is 12.3. The summed E-state index contributed by atoms with van der Waals surface area (Å²) in [6, 6.07) is 7.64. The average molecular weight is 499 g/mol. The van der Waals surface area contributed by atoms with E-state index in [2.05, 4.69) is 19.3 Å². The summed E-state index contributed by atoms with van der Waals surface area (Å²) in [6.07, 6.45) is -0.293. The van der Waals surface area contributed by atoms with Crippen LogP contribution in [-0.4, -0.2) is 49.7 Å². The number of carbonyl (C=O) groups excluding carboxylic acids is 1. The highest BCUT2D eigenvalue weighted by Gasteiger charge is 2.40. The van der Waals surface area contributed by atoms with E-state index in [-0.39, 0.29) is 17.4 Å². The maximum Gasteiger partial charge on any atom is 0.311 e. The van der Waals surface area contributed by atoms with Crippen LogP contribution in [0.1, 0.15) is 25.1 Å². The second-order valence-corrected chi connectivity index (χ2v) is 8.68. The molecule has 1 saturated heterocycles. The average Bonchev–Trinajstić information content (AvgIpc) is 3.32. The first-order valence-electron chi connectivity index (χ1n) is 9.61. The first kappa shape index (κ1) is 25.0. The number of rotatable bonds is 6. The Morgan fingerprint density at radius 2 is 2.12 bits per heavy atom. The first-order valence-corrected chi connectivity index (χ1v) is 11.2. The molecule has 1 aliphatic rings. The Hall–Kier alpha value is -2.59. The van der Waals surface area contributed by atoms with E-state index in [0.29, 0.717) is 16.8 Å². The van der Waals surface area contributed by atoms with Crippen molar-refractivity contribution in [3.05, 3.63) is 45.7 Å². The zero-order chi connectivity index (χ0) is 24.0. The highest BCUT2D eigenvalue weighted by molar-refractivity contribution is 7.94. The fraction of sp³-hybridized carbons (Fsp3) is 0.368. The van der Waals surface area contributed by atoms with E-state index in [4.69, 9.17) is 20.5 Å². The summed E-state index contributed by atoms with van der Waals surface area (Å²) in [5.41, 5.74) is 7.07. The van der Waals surface area contributed by atoms with Crippen LogP contribution in [-0.2, 0) is 23.6 Å². The minimum atomic E-state index is -0.850. The summed E-state index contributed by atoms with van der Waals surface area (Å²) in [4.78, 5) is 32.0. The molecule has 3 aromatic rings. The van der Waals surface area contributed by atoms with Crippen molar-refractivity contribution in [2.45, 2.75) is 43.6 Å². The molecule has 3 atom stereocenters. The largest absolute Gasteiger partial charge is 0.458 e. The molecular formula is C19H22N4O8S2. The van der Waals surface area contributed by atoms with Gasteiger partial charge in [0.2, 0.25) is 5.95 Å². The number of carbonyl (C=O) groups is 1. The Morgan fingerprint density at radius 3 is 2.76 bits per heavy atom. The van der Waals surface area contributed by atoms with Gasteiger partial charge in [-0.25, -0.2) is 10.2 Å². The van der Waals surface area contributed by atoms with E-state index in [0.717, 1.165) is 28.3 Å². The van der Waals surface area contributed by atoms with E-state index in [1.165, 1.54) is 23.3 Å². The Labute approximate surface area is 195 Å². The van der Waals surface area contributed by atoms with Gasteiger partial charge in [0.05, 0.1) is 35.7 Å². The van der Waals surface area contributed by atoms with Gasteiger partial charge < -0.3 is 20.3 Å². The number of esters is 1. The number of aliphatic hydroxyl groups excluding tert-OH is 1. The molecule has 3 heterocycles. The third-order valence-electron chi connectivity index (χ3n) is 4.48. The SMILES string of the molecule is CC(=O)O[C@@H]1C[C@@H](CO)O[C@H]1n1c(=O)sc2cnc(N)nc21.Cc1ccc(SOOO)cc1. The summed E-state index contributed by atoms with van der Waals surface area (Å²) in [6.45, 7) is 3.04. The highest BCUT2D eigenvalue weighted by atomic mass is 32.2. The van der Waals surface area contributed by atoms with E-state index < -0.39 is 24.4 Å². The number of thiazole rings is 1. The van der Waals surface area contributed by atoms with Crippen molar-refractivity contribution in [2.24, 2.45) is 0 Å². The number of fused-ring (bicyclic) bond motifs is 1. The topological polar surface area (TPSA) is 168 Å². The molecule has 4 rings (SSSR count). The van der Waals surface area contributed by atoms with Crippen LogP contribution in [0.15, 0.2) is 40.2 Å². The van der Waals surface area contributed by atoms with Crippen molar-refractivity contribution >= 4 is 45.6 Å². The van der Waals surface area contributed by atoms with Gasteiger partial charge >= 0.3 is 10.8 Å². The number of benzene rings is 1. The lowest BCUT2D eigenvalue weighted by atomic mass is 10.2. The first-order chi connectivity index (χ1) is 15.8. The number of aromatic nitrogens is 3.